The van der Waals surface area contributed by atoms with Crippen molar-refractivity contribution in [1.29, 1.82) is 0 Å². The monoisotopic (exact) mass is 340 g/mol. The minimum Gasteiger partial charge on any atom is -0.488 e. The minimum atomic E-state index is -0.221. The number of benzene rings is 1. The number of pyridine rings is 1. The van der Waals surface area contributed by atoms with Crippen LogP contribution in [0.4, 0.5) is 0 Å². The molecule has 5 heteroatoms. The van der Waals surface area contributed by atoms with Crippen molar-refractivity contribution in [2.24, 2.45) is 5.92 Å². The fourth-order valence-corrected chi connectivity index (χ4v) is 2.06. The van der Waals surface area contributed by atoms with E-state index in [9.17, 15) is 9.59 Å². The molecule has 0 fully saturated rings. The summed E-state index contributed by atoms with van der Waals surface area (Å²) < 4.78 is 5.43. The molecule has 0 aliphatic rings. The van der Waals surface area contributed by atoms with E-state index in [1.165, 1.54) is 23.9 Å². The molecular weight excluding hydrogens is 316 g/mol. The smallest absolute Gasteiger partial charge is 0.244 e. The van der Waals surface area contributed by atoms with Gasteiger partial charge in [0.05, 0.1) is 13.2 Å². The summed E-state index contributed by atoms with van der Waals surface area (Å²) >= 11 is 0. The van der Waals surface area contributed by atoms with Gasteiger partial charge in [-0.2, -0.15) is 0 Å². The number of amides is 1. The third kappa shape index (κ3) is 6.30. The zero-order chi connectivity index (χ0) is 18.2. The highest BCUT2D eigenvalue weighted by molar-refractivity contribution is 5.91. The van der Waals surface area contributed by atoms with E-state index in [-0.39, 0.29) is 17.9 Å². The van der Waals surface area contributed by atoms with Crippen molar-refractivity contribution >= 4 is 12.0 Å². The number of aromatic nitrogens is 1. The van der Waals surface area contributed by atoms with E-state index < -0.39 is 0 Å². The van der Waals surface area contributed by atoms with Crippen molar-refractivity contribution < 1.29 is 9.53 Å². The van der Waals surface area contributed by atoms with Crippen LogP contribution >= 0.6 is 0 Å². The van der Waals surface area contributed by atoms with Crippen molar-refractivity contribution in [2.75, 3.05) is 6.61 Å². The first-order chi connectivity index (χ1) is 11.9. The van der Waals surface area contributed by atoms with Crippen LogP contribution in [0.1, 0.15) is 30.7 Å². The molecule has 0 atom stereocenters. The topological polar surface area (TPSA) is 71.2 Å². The molecule has 0 saturated carbocycles. The van der Waals surface area contributed by atoms with Crippen molar-refractivity contribution in [2.45, 2.75) is 27.3 Å². The summed E-state index contributed by atoms with van der Waals surface area (Å²) in [6.07, 6.45) is 4.76. The van der Waals surface area contributed by atoms with Gasteiger partial charge in [0.25, 0.3) is 0 Å². The van der Waals surface area contributed by atoms with Crippen LogP contribution in [0.15, 0.2) is 47.4 Å². The Morgan fingerprint density at radius 2 is 2.00 bits per heavy atom. The lowest BCUT2D eigenvalue weighted by molar-refractivity contribution is -0.116. The molecule has 132 valence electrons. The molecule has 1 aromatic heterocycles. The van der Waals surface area contributed by atoms with Crippen LogP contribution in [0, 0.1) is 12.8 Å². The fraction of sp³-hybridized carbons (Fsp3) is 0.300. The van der Waals surface area contributed by atoms with Gasteiger partial charge >= 0.3 is 0 Å². The van der Waals surface area contributed by atoms with Crippen LogP contribution in [0.3, 0.4) is 0 Å². The number of H-pyrrole nitrogens is 1. The molecule has 0 spiro atoms. The number of carbonyl (C=O) groups is 1. The summed E-state index contributed by atoms with van der Waals surface area (Å²) in [5, 5.41) is 2.74. The third-order valence-corrected chi connectivity index (χ3v) is 3.47. The number of aromatic amines is 1. The summed E-state index contributed by atoms with van der Waals surface area (Å²) in [5.41, 5.74) is 2.56. The first-order valence-corrected chi connectivity index (χ1v) is 8.31. The predicted molar refractivity (Wildman–Crippen MR) is 99.5 cm³/mol. The Morgan fingerprint density at radius 1 is 1.28 bits per heavy atom. The van der Waals surface area contributed by atoms with Crippen molar-refractivity contribution in [3.8, 4) is 5.75 Å². The molecule has 2 aromatic rings. The molecule has 0 saturated heterocycles. The number of nitrogens with one attached hydrogen (secondary N) is 2. The highest BCUT2D eigenvalue weighted by Crippen LogP contribution is 2.06. The Bertz CT molecular complexity index is 789. The Morgan fingerprint density at radius 3 is 2.64 bits per heavy atom. The van der Waals surface area contributed by atoms with E-state index >= 15 is 0 Å². The second kappa shape index (κ2) is 8.87. The molecule has 0 aliphatic heterocycles. The Kier molecular flexibility index (Phi) is 6.57. The maximum atomic E-state index is 12.0. The van der Waals surface area contributed by atoms with Gasteiger partial charge in [-0.3, -0.25) is 9.59 Å². The molecule has 25 heavy (non-hydrogen) atoms. The highest BCUT2D eigenvalue weighted by atomic mass is 16.5. The van der Waals surface area contributed by atoms with Gasteiger partial charge in [0, 0.05) is 24.0 Å². The Labute approximate surface area is 147 Å². The highest BCUT2D eigenvalue weighted by Gasteiger charge is 2.04. The number of carbonyl (C=O) groups excluding carboxylic acids is 1. The molecule has 2 N–H and O–H groups in total. The van der Waals surface area contributed by atoms with Gasteiger partial charge in [-0.05, 0) is 24.5 Å². The average molecular weight is 340 g/mol. The van der Waals surface area contributed by atoms with E-state index in [2.05, 4.69) is 10.3 Å². The lowest BCUT2D eigenvalue weighted by Crippen LogP contribution is -2.22. The molecule has 1 heterocycles. The summed E-state index contributed by atoms with van der Waals surface area (Å²) in [6, 6.07) is 9.33. The minimum absolute atomic E-state index is 0.196. The van der Waals surface area contributed by atoms with Crippen molar-refractivity contribution in [3.63, 3.8) is 0 Å². The quantitative estimate of drug-likeness (QED) is 0.761. The van der Waals surface area contributed by atoms with Gasteiger partial charge in [0.1, 0.15) is 0 Å². The molecule has 0 aliphatic carbocycles. The van der Waals surface area contributed by atoms with E-state index in [0.717, 1.165) is 5.56 Å². The maximum absolute atomic E-state index is 12.0. The zero-order valence-electron chi connectivity index (χ0n) is 14.8. The third-order valence-electron chi connectivity index (χ3n) is 3.47. The predicted octanol–water partition coefficient (Wildman–Crippen LogP) is 3.05. The molecule has 1 amide bonds. The molecular formula is C20H24N2O3. The zero-order valence-corrected chi connectivity index (χ0v) is 14.8. The molecule has 0 radical (unpaired) electrons. The molecule has 1 aromatic carbocycles. The molecule has 2 rings (SSSR count). The Hall–Kier alpha value is -2.82. The molecule has 0 unspecified atom stereocenters. The first-order valence-electron chi connectivity index (χ1n) is 8.31. The van der Waals surface area contributed by atoms with E-state index in [1.807, 2.05) is 45.0 Å². The normalized spacial score (nSPS) is 11.0. The average Bonchev–Trinajstić information content (AvgIpc) is 2.58. The van der Waals surface area contributed by atoms with Crippen molar-refractivity contribution in [1.82, 2.24) is 10.3 Å². The van der Waals surface area contributed by atoms with E-state index in [0.29, 0.717) is 24.0 Å². The van der Waals surface area contributed by atoms with Crippen LogP contribution in [-0.4, -0.2) is 17.5 Å². The van der Waals surface area contributed by atoms with Gasteiger partial charge in [0.15, 0.2) is 5.75 Å². The van der Waals surface area contributed by atoms with Crippen LogP contribution in [0.2, 0.25) is 0 Å². The number of ether oxygens (including phenoxy) is 1. The van der Waals surface area contributed by atoms with E-state index in [1.54, 1.807) is 6.08 Å². The van der Waals surface area contributed by atoms with Gasteiger partial charge in [-0.15, -0.1) is 0 Å². The van der Waals surface area contributed by atoms with Crippen LogP contribution in [-0.2, 0) is 11.3 Å². The summed E-state index contributed by atoms with van der Waals surface area (Å²) in [5.74, 6) is 0.420. The first kappa shape index (κ1) is 18.5. The lowest BCUT2D eigenvalue weighted by atomic mass is 10.1. The van der Waals surface area contributed by atoms with Crippen LogP contribution in [0.5, 0.6) is 5.75 Å². The summed E-state index contributed by atoms with van der Waals surface area (Å²) in [6.45, 7) is 6.78. The van der Waals surface area contributed by atoms with Crippen LogP contribution < -0.4 is 15.5 Å². The van der Waals surface area contributed by atoms with Gasteiger partial charge < -0.3 is 15.0 Å². The lowest BCUT2D eigenvalue weighted by Gasteiger charge is -2.08. The number of rotatable bonds is 7. The van der Waals surface area contributed by atoms with Crippen LogP contribution in [0.25, 0.3) is 6.08 Å². The van der Waals surface area contributed by atoms with Crippen molar-refractivity contribution in [3.05, 3.63) is 69.6 Å². The Balaban J connectivity index is 1.88. The van der Waals surface area contributed by atoms with Gasteiger partial charge in [-0.25, -0.2) is 0 Å². The van der Waals surface area contributed by atoms with Gasteiger partial charge in [0.2, 0.25) is 11.3 Å². The molecule has 5 nitrogen and oxygen atoms in total. The van der Waals surface area contributed by atoms with Gasteiger partial charge in [-0.1, -0.05) is 43.7 Å². The standard InChI is InChI=1S/C20H24N2O3/c1-14(2)13-25-19-12-21-17(10-18(19)23)11-22-20(24)9-8-16-6-4-15(3)5-7-16/h4-10,12,14H,11,13H2,1-3H3,(H,21,23)(H,22,24)/b9-8+. The number of aryl methyl sites for hydroxylation is 1. The maximum Gasteiger partial charge on any atom is 0.244 e. The number of hydrogen-bond donors (Lipinski definition) is 2. The fourth-order valence-electron chi connectivity index (χ4n) is 2.06. The largest absolute Gasteiger partial charge is 0.488 e. The second-order valence-electron chi connectivity index (χ2n) is 6.35. The second-order valence-corrected chi connectivity index (χ2v) is 6.35. The summed E-state index contributed by atoms with van der Waals surface area (Å²) in [7, 11) is 0. The number of hydrogen-bond acceptors (Lipinski definition) is 3. The summed E-state index contributed by atoms with van der Waals surface area (Å²) in [4.78, 5) is 26.8. The van der Waals surface area contributed by atoms with E-state index in [4.69, 9.17) is 4.74 Å². The molecule has 0 bridgehead atoms. The SMILES string of the molecule is Cc1ccc(/C=C/C(=O)NCc2cc(=O)c(OCC(C)C)c[nH]2)cc1.